The molecule has 0 aliphatic rings. The number of carbonyl (C=O) groups is 2. The van der Waals surface area contributed by atoms with Crippen LogP contribution in [0.15, 0.2) is 11.6 Å². The molecule has 0 bridgehead atoms. The third-order valence-corrected chi connectivity index (χ3v) is 1.30. The highest BCUT2D eigenvalue weighted by molar-refractivity contribution is 6.06. The third-order valence-electron chi connectivity index (χ3n) is 1.30. The van der Waals surface area contributed by atoms with E-state index in [0.29, 0.717) is 12.7 Å². The van der Waals surface area contributed by atoms with Crippen LogP contribution in [0.5, 0.6) is 0 Å². The highest BCUT2D eigenvalue weighted by atomic mass is 16.4. The fraction of sp³-hybridized carbons (Fsp3) is 0.500. The lowest BCUT2D eigenvalue weighted by Gasteiger charge is -1.91. The van der Waals surface area contributed by atoms with Crippen molar-refractivity contribution < 1.29 is 14.7 Å². The molecule has 0 saturated heterocycles. The topological polar surface area (TPSA) is 54.4 Å². The lowest BCUT2D eigenvalue weighted by molar-refractivity contribution is -0.133. The van der Waals surface area contributed by atoms with E-state index in [1.165, 1.54) is 6.08 Å². The molecule has 0 aromatic carbocycles. The average molecular weight is 156 g/mol. The standard InChI is InChI=1S/C8H12O3/c1-2-3-4-5-7(6-9)8(10)11/h5-6H,2-4H2,1H3,(H,10,11). The summed E-state index contributed by atoms with van der Waals surface area (Å²) in [5.74, 6) is -1.14. The molecule has 62 valence electrons. The molecular formula is C8H12O3. The summed E-state index contributed by atoms with van der Waals surface area (Å²) in [4.78, 5) is 20.3. The van der Waals surface area contributed by atoms with Crippen LogP contribution in [0.4, 0.5) is 0 Å². The first kappa shape index (κ1) is 9.88. The van der Waals surface area contributed by atoms with Crippen molar-refractivity contribution in [2.75, 3.05) is 0 Å². The summed E-state index contributed by atoms with van der Waals surface area (Å²) in [7, 11) is 0. The van der Waals surface area contributed by atoms with Crippen LogP contribution < -0.4 is 0 Å². The Morgan fingerprint density at radius 3 is 2.55 bits per heavy atom. The molecule has 0 unspecified atom stereocenters. The van der Waals surface area contributed by atoms with Gasteiger partial charge in [0, 0.05) is 0 Å². The number of carbonyl (C=O) groups excluding carboxylic acids is 1. The quantitative estimate of drug-likeness (QED) is 0.215. The Morgan fingerprint density at radius 2 is 2.18 bits per heavy atom. The van der Waals surface area contributed by atoms with Gasteiger partial charge < -0.3 is 5.11 Å². The van der Waals surface area contributed by atoms with Gasteiger partial charge in [-0.05, 0) is 6.42 Å². The van der Waals surface area contributed by atoms with E-state index in [4.69, 9.17) is 5.11 Å². The van der Waals surface area contributed by atoms with E-state index in [9.17, 15) is 9.59 Å². The zero-order valence-electron chi connectivity index (χ0n) is 6.54. The van der Waals surface area contributed by atoms with E-state index >= 15 is 0 Å². The number of hydrogen-bond acceptors (Lipinski definition) is 2. The van der Waals surface area contributed by atoms with Gasteiger partial charge in [-0.25, -0.2) is 4.79 Å². The van der Waals surface area contributed by atoms with Gasteiger partial charge in [0.15, 0.2) is 6.29 Å². The van der Waals surface area contributed by atoms with Gasteiger partial charge in [-0.3, -0.25) is 4.79 Å². The van der Waals surface area contributed by atoms with Gasteiger partial charge in [0.2, 0.25) is 0 Å². The largest absolute Gasteiger partial charge is 0.478 e. The minimum atomic E-state index is -1.14. The lowest BCUT2D eigenvalue weighted by Crippen LogP contribution is -2.01. The number of carboxylic acids is 1. The number of carboxylic acid groups (broad SMARTS) is 1. The number of unbranched alkanes of at least 4 members (excludes halogenated alkanes) is 2. The van der Waals surface area contributed by atoms with Crippen LogP contribution >= 0.6 is 0 Å². The van der Waals surface area contributed by atoms with Crippen molar-refractivity contribution in [2.45, 2.75) is 26.2 Å². The van der Waals surface area contributed by atoms with Crippen molar-refractivity contribution in [1.82, 2.24) is 0 Å². The molecule has 3 heteroatoms. The predicted molar refractivity (Wildman–Crippen MR) is 41.3 cm³/mol. The highest BCUT2D eigenvalue weighted by Crippen LogP contribution is 1.99. The Morgan fingerprint density at radius 1 is 1.55 bits per heavy atom. The number of aliphatic carboxylic acids is 1. The van der Waals surface area contributed by atoms with Crippen LogP contribution in [0.2, 0.25) is 0 Å². The fourth-order valence-corrected chi connectivity index (χ4v) is 0.648. The fourth-order valence-electron chi connectivity index (χ4n) is 0.648. The van der Waals surface area contributed by atoms with Crippen LogP contribution in [0.25, 0.3) is 0 Å². The summed E-state index contributed by atoms with van der Waals surface area (Å²) in [5.41, 5.74) is -0.140. The Labute approximate surface area is 65.7 Å². The molecule has 0 rings (SSSR count). The van der Waals surface area contributed by atoms with Crippen molar-refractivity contribution in [3.63, 3.8) is 0 Å². The molecule has 3 nitrogen and oxygen atoms in total. The van der Waals surface area contributed by atoms with E-state index in [0.717, 1.165) is 12.8 Å². The second-order valence-electron chi connectivity index (χ2n) is 2.22. The summed E-state index contributed by atoms with van der Waals surface area (Å²) in [6, 6.07) is 0. The van der Waals surface area contributed by atoms with Gasteiger partial charge in [-0.15, -0.1) is 0 Å². The van der Waals surface area contributed by atoms with Gasteiger partial charge in [0.1, 0.15) is 0 Å². The minimum Gasteiger partial charge on any atom is -0.478 e. The van der Waals surface area contributed by atoms with Crippen LogP contribution in [0.3, 0.4) is 0 Å². The lowest BCUT2D eigenvalue weighted by atomic mass is 10.2. The summed E-state index contributed by atoms with van der Waals surface area (Å²) in [6.45, 7) is 2.01. The first-order chi connectivity index (χ1) is 5.22. The molecule has 1 N–H and O–H groups in total. The highest BCUT2D eigenvalue weighted by Gasteiger charge is 2.02. The molecule has 0 radical (unpaired) electrons. The van der Waals surface area contributed by atoms with Crippen molar-refractivity contribution in [3.8, 4) is 0 Å². The van der Waals surface area contributed by atoms with E-state index < -0.39 is 5.97 Å². The molecule has 0 aromatic heterocycles. The van der Waals surface area contributed by atoms with E-state index in [1.807, 2.05) is 6.92 Å². The van der Waals surface area contributed by atoms with Gasteiger partial charge in [-0.1, -0.05) is 25.8 Å². The molecule has 0 heterocycles. The monoisotopic (exact) mass is 156 g/mol. The zero-order chi connectivity index (χ0) is 8.69. The first-order valence-corrected chi connectivity index (χ1v) is 3.61. The molecule has 0 spiro atoms. The SMILES string of the molecule is CCCCC=C(C=O)C(=O)O. The van der Waals surface area contributed by atoms with E-state index in [1.54, 1.807) is 0 Å². The van der Waals surface area contributed by atoms with Crippen LogP contribution in [-0.4, -0.2) is 17.4 Å². The summed E-state index contributed by atoms with van der Waals surface area (Å²) in [6.07, 6.45) is 4.42. The number of hydrogen-bond donors (Lipinski definition) is 1. The Kier molecular flexibility index (Phi) is 5.07. The first-order valence-electron chi connectivity index (χ1n) is 3.61. The Hall–Kier alpha value is -1.12. The maximum Gasteiger partial charge on any atom is 0.338 e. The second-order valence-corrected chi connectivity index (χ2v) is 2.22. The summed E-state index contributed by atoms with van der Waals surface area (Å²) < 4.78 is 0. The van der Waals surface area contributed by atoms with Crippen molar-refractivity contribution in [3.05, 3.63) is 11.6 Å². The third kappa shape index (κ3) is 4.31. The van der Waals surface area contributed by atoms with Crippen LogP contribution in [0.1, 0.15) is 26.2 Å². The minimum absolute atomic E-state index is 0.140. The number of rotatable bonds is 5. The molecule has 0 saturated carbocycles. The molecule has 0 amide bonds. The normalized spacial score (nSPS) is 11.2. The Bertz CT molecular complexity index is 170. The van der Waals surface area contributed by atoms with Gasteiger partial charge in [0.05, 0.1) is 5.57 Å². The predicted octanol–water partition coefficient (Wildman–Crippen LogP) is 1.39. The smallest absolute Gasteiger partial charge is 0.338 e. The summed E-state index contributed by atoms with van der Waals surface area (Å²) in [5, 5.41) is 8.37. The molecule has 0 aliphatic carbocycles. The molecular weight excluding hydrogens is 144 g/mol. The van der Waals surface area contributed by atoms with Crippen molar-refractivity contribution in [2.24, 2.45) is 0 Å². The van der Waals surface area contributed by atoms with Crippen LogP contribution in [-0.2, 0) is 9.59 Å². The maximum atomic E-state index is 10.2. The van der Waals surface area contributed by atoms with Crippen molar-refractivity contribution in [1.29, 1.82) is 0 Å². The number of allylic oxidation sites excluding steroid dienone is 1. The summed E-state index contributed by atoms with van der Waals surface area (Å²) >= 11 is 0. The second kappa shape index (κ2) is 5.65. The molecule has 0 aromatic rings. The van der Waals surface area contributed by atoms with Crippen molar-refractivity contribution >= 4 is 12.3 Å². The maximum absolute atomic E-state index is 10.2. The van der Waals surface area contributed by atoms with Gasteiger partial charge in [0.25, 0.3) is 0 Å². The molecule has 0 atom stereocenters. The Balaban J connectivity index is 3.91. The zero-order valence-corrected chi connectivity index (χ0v) is 6.54. The molecule has 11 heavy (non-hydrogen) atoms. The van der Waals surface area contributed by atoms with E-state index in [2.05, 4.69) is 0 Å². The number of aldehydes is 1. The van der Waals surface area contributed by atoms with E-state index in [-0.39, 0.29) is 5.57 Å². The van der Waals surface area contributed by atoms with Gasteiger partial charge >= 0.3 is 5.97 Å². The average Bonchev–Trinajstić information content (AvgIpc) is 1.97. The van der Waals surface area contributed by atoms with Gasteiger partial charge in [-0.2, -0.15) is 0 Å². The molecule has 0 aliphatic heterocycles. The molecule has 0 fully saturated rings. The van der Waals surface area contributed by atoms with Crippen LogP contribution in [0, 0.1) is 0 Å².